The molecule has 0 bridgehead atoms. The van der Waals surface area contributed by atoms with E-state index in [1.54, 1.807) is 25.6 Å². The summed E-state index contributed by atoms with van der Waals surface area (Å²) in [4.78, 5) is 27.2. The fraction of sp³-hybridized carbons (Fsp3) is 0.471. The first-order chi connectivity index (χ1) is 12.0. The number of rotatable bonds is 6. The molecule has 8 nitrogen and oxygen atoms in total. The predicted molar refractivity (Wildman–Crippen MR) is 92.0 cm³/mol. The summed E-state index contributed by atoms with van der Waals surface area (Å²) in [6.07, 6.45) is 5.04. The van der Waals surface area contributed by atoms with Gasteiger partial charge in [-0.2, -0.15) is 4.98 Å². The number of aromatic nitrogens is 5. The molecule has 0 unspecified atom stereocenters. The molecule has 0 aliphatic heterocycles. The van der Waals surface area contributed by atoms with Gasteiger partial charge in [0.25, 0.3) is 5.91 Å². The molecule has 8 heteroatoms. The van der Waals surface area contributed by atoms with E-state index in [1.165, 1.54) is 4.90 Å². The Balaban J connectivity index is 1.76. The zero-order valence-corrected chi connectivity index (χ0v) is 14.9. The molecule has 0 saturated carbocycles. The van der Waals surface area contributed by atoms with Gasteiger partial charge in [-0.05, 0) is 26.3 Å². The molecule has 25 heavy (non-hydrogen) atoms. The number of hydrogen-bond donors (Lipinski definition) is 0. The third-order valence-electron chi connectivity index (χ3n) is 3.92. The zero-order valence-electron chi connectivity index (χ0n) is 14.9. The average Bonchev–Trinajstić information content (AvgIpc) is 3.20. The molecule has 0 radical (unpaired) electrons. The monoisotopic (exact) mass is 342 g/mol. The quantitative estimate of drug-likeness (QED) is 0.684. The highest BCUT2D eigenvalue weighted by molar-refractivity contribution is 5.96. The van der Waals surface area contributed by atoms with Crippen LogP contribution < -0.4 is 0 Å². The maximum absolute atomic E-state index is 12.6. The molecule has 0 N–H and O–H groups in total. The minimum absolute atomic E-state index is 0.163. The number of amides is 1. The van der Waals surface area contributed by atoms with Gasteiger partial charge in [-0.15, -0.1) is 0 Å². The molecule has 0 aromatic carbocycles. The van der Waals surface area contributed by atoms with E-state index in [9.17, 15) is 4.79 Å². The number of pyridine rings is 1. The van der Waals surface area contributed by atoms with E-state index in [0.717, 1.165) is 18.5 Å². The number of aryl methyl sites for hydroxylation is 1. The molecule has 3 aromatic heterocycles. The van der Waals surface area contributed by atoms with Crippen LogP contribution in [0.15, 0.2) is 23.1 Å². The van der Waals surface area contributed by atoms with E-state index in [2.05, 4.69) is 40.9 Å². The molecular weight excluding hydrogens is 320 g/mol. The predicted octanol–water partition coefficient (Wildman–Crippen LogP) is 2.62. The summed E-state index contributed by atoms with van der Waals surface area (Å²) in [6.45, 7) is 6.43. The van der Waals surface area contributed by atoms with Crippen molar-refractivity contribution in [3.8, 4) is 0 Å². The van der Waals surface area contributed by atoms with E-state index in [4.69, 9.17) is 4.52 Å². The summed E-state index contributed by atoms with van der Waals surface area (Å²) in [5.41, 5.74) is 1.96. The Hall–Kier alpha value is -2.77. The van der Waals surface area contributed by atoms with Crippen molar-refractivity contribution in [2.75, 3.05) is 7.05 Å². The number of fused-ring (bicyclic) bond motifs is 1. The first-order valence-electron chi connectivity index (χ1n) is 8.39. The SMILES string of the molecule is CCCc1noc(CN(C)C(=O)c2cnc3c(c2)ncn3C(C)C)n1. The lowest BCUT2D eigenvalue weighted by Gasteiger charge is -2.14. The van der Waals surface area contributed by atoms with Crippen LogP contribution in [0.3, 0.4) is 0 Å². The van der Waals surface area contributed by atoms with Crippen LogP contribution in [0.25, 0.3) is 11.2 Å². The summed E-state index contributed by atoms with van der Waals surface area (Å²) < 4.78 is 7.16. The van der Waals surface area contributed by atoms with Crippen LogP contribution >= 0.6 is 0 Å². The minimum atomic E-state index is -0.163. The number of hydrogen-bond acceptors (Lipinski definition) is 6. The van der Waals surface area contributed by atoms with Crippen LogP contribution in [0.2, 0.25) is 0 Å². The van der Waals surface area contributed by atoms with Gasteiger partial charge in [0.05, 0.1) is 18.4 Å². The maximum atomic E-state index is 12.6. The van der Waals surface area contributed by atoms with Crippen molar-refractivity contribution >= 4 is 17.1 Å². The number of carbonyl (C=O) groups excluding carboxylic acids is 1. The van der Waals surface area contributed by atoms with Gasteiger partial charge in [0.1, 0.15) is 5.52 Å². The third-order valence-corrected chi connectivity index (χ3v) is 3.92. The van der Waals surface area contributed by atoms with Gasteiger partial charge in [-0.3, -0.25) is 4.79 Å². The second-order valence-electron chi connectivity index (χ2n) is 6.33. The summed E-state index contributed by atoms with van der Waals surface area (Å²) in [7, 11) is 1.70. The first kappa shape index (κ1) is 17.1. The lowest BCUT2D eigenvalue weighted by molar-refractivity contribution is 0.0769. The normalized spacial score (nSPS) is 11.4. The van der Waals surface area contributed by atoms with Crippen molar-refractivity contribution in [3.63, 3.8) is 0 Å². The molecule has 0 atom stereocenters. The van der Waals surface area contributed by atoms with E-state index < -0.39 is 0 Å². The molecule has 3 heterocycles. The van der Waals surface area contributed by atoms with Crippen molar-refractivity contribution in [3.05, 3.63) is 35.9 Å². The standard InChI is InChI=1S/C17H22N6O2/c1-5-6-14-20-15(25-21-14)9-22(4)17(24)12-7-13-16(18-8-12)23(10-19-13)11(2)3/h7-8,10-11H,5-6,9H2,1-4H3. The van der Waals surface area contributed by atoms with Crippen LogP contribution in [0, 0.1) is 0 Å². The Morgan fingerprint density at radius 3 is 2.88 bits per heavy atom. The summed E-state index contributed by atoms with van der Waals surface area (Å²) in [6, 6.07) is 2.02. The molecule has 0 aliphatic rings. The summed E-state index contributed by atoms with van der Waals surface area (Å²) in [5, 5.41) is 3.90. The molecule has 0 aliphatic carbocycles. The van der Waals surface area contributed by atoms with Crippen LogP contribution in [-0.4, -0.2) is 42.5 Å². The van der Waals surface area contributed by atoms with Crippen molar-refractivity contribution in [2.24, 2.45) is 0 Å². The minimum Gasteiger partial charge on any atom is -0.337 e. The van der Waals surface area contributed by atoms with Gasteiger partial charge in [-0.25, -0.2) is 9.97 Å². The lowest BCUT2D eigenvalue weighted by Crippen LogP contribution is -2.26. The van der Waals surface area contributed by atoms with Gasteiger partial charge in [0.15, 0.2) is 11.5 Å². The molecule has 0 spiro atoms. The molecule has 132 valence electrons. The van der Waals surface area contributed by atoms with Crippen molar-refractivity contribution in [1.82, 2.24) is 29.6 Å². The van der Waals surface area contributed by atoms with E-state index in [1.807, 2.05) is 4.57 Å². The fourth-order valence-corrected chi connectivity index (χ4v) is 2.59. The Labute approximate surface area is 145 Å². The van der Waals surface area contributed by atoms with Gasteiger partial charge in [0, 0.05) is 25.7 Å². The zero-order chi connectivity index (χ0) is 18.0. The van der Waals surface area contributed by atoms with Crippen LogP contribution in [0.1, 0.15) is 55.3 Å². The Morgan fingerprint density at radius 2 is 2.16 bits per heavy atom. The molecule has 0 saturated heterocycles. The highest BCUT2D eigenvalue weighted by Crippen LogP contribution is 2.17. The van der Waals surface area contributed by atoms with Gasteiger partial charge in [0.2, 0.25) is 5.89 Å². The Bertz CT molecular complexity index is 882. The van der Waals surface area contributed by atoms with E-state index in [-0.39, 0.29) is 18.5 Å². The molecule has 3 rings (SSSR count). The largest absolute Gasteiger partial charge is 0.337 e. The van der Waals surface area contributed by atoms with Gasteiger partial charge < -0.3 is 14.0 Å². The first-order valence-corrected chi connectivity index (χ1v) is 8.39. The summed E-state index contributed by atoms with van der Waals surface area (Å²) >= 11 is 0. The number of imidazole rings is 1. The average molecular weight is 342 g/mol. The second-order valence-corrected chi connectivity index (χ2v) is 6.33. The molecule has 0 fully saturated rings. The van der Waals surface area contributed by atoms with Gasteiger partial charge >= 0.3 is 0 Å². The Kier molecular flexibility index (Phi) is 4.78. The highest BCUT2D eigenvalue weighted by Gasteiger charge is 2.17. The highest BCUT2D eigenvalue weighted by atomic mass is 16.5. The molecule has 1 amide bonds. The smallest absolute Gasteiger partial charge is 0.255 e. The van der Waals surface area contributed by atoms with Crippen molar-refractivity contribution in [2.45, 2.75) is 46.2 Å². The summed E-state index contributed by atoms with van der Waals surface area (Å²) in [5.74, 6) is 0.932. The van der Waals surface area contributed by atoms with Crippen LogP contribution in [-0.2, 0) is 13.0 Å². The van der Waals surface area contributed by atoms with E-state index >= 15 is 0 Å². The molecule has 3 aromatic rings. The Morgan fingerprint density at radius 1 is 1.36 bits per heavy atom. The molecular formula is C17H22N6O2. The fourth-order valence-electron chi connectivity index (χ4n) is 2.59. The second kappa shape index (κ2) is 7.00. The van der Waals surface area contributed by atoms with E-state index in [0.29, 0.717) is 22.8 Å². The number of nitrogens with zero attached hydrogens (tertiary/aromatic N) is 6. The topological polar surface area (TPSA) is 89.9 Å². The van der Waals surface area contributed by atoms with Crippen molar-refractivity contribution < 1.29 is 9.32 Å². The van der Waals surface area contributed by atoms with Crippen molar-refractivity contribution in [1.29, 1.82) is 0 Å². The lowest BCUT2D eigenvalue weighted by atomic mass is 10.2. The maximum Gasteiger partial charge on any atom is 0.255 e. The van der Waals surface area contributed by atoms with Crippen LogP contribution in [0.4, 0.5) is 0 Å². The van der Waals surface area contributed by atoms with Crippen LogP contribution in [0.5, 0.6) is 0 Å². The van der Waals surface area contributed by atoms with Gasteiger partial charge in [-0.1, -0.05) is 12.1 Å². The third kappa shape index (κ3) is 3.52. The number of carbonyl (C=O) groups is 1.